The van der Waals surface area contributed by atoms with E-state index in [1.807, 2.05) is 0 Å². The molecular formula is C14H23NO8. The molecule has 1 aromatic rings. The van der Waals surface area contributed by atoms with Crippen LogP contribution in [0.4, 0.5) is 0 Å². The standard InChI is InChI=1S/C14H23NO8/c16-5-1-6-20-8-10-22-11-9-21-7-4-14(19)23-15-12(17)2-3-13(15)18/h2-3,16-18H,1,4-11H2. The first-order chi connectivity index (χ1) is 11.1. The quantitative estimate of drug-likeness (QED) is 0.420. The van der Waals surface area contributed by atoms with Gasteiger partial charge in [-0.05, 0) is 6.42 Å². The third kappa shape index (κ3) is 8.41. The number of aliphatic hydroxyl groups is 1. The summed E-state index contributed by atoms with van der Waals surface area (Å²) in [7, 11) is 0. The van der Waals surface area contributed by atoms with Gasteiger partial charge in [0.15, 0.2) is 0 Å². The molecule has 9 heteroatoms. The fourth-order valence-corrected chi connectivity index (χ4v) is 1.51. The molecule has 0 saturated carbocycles. The SMILES string of the molecule is O=C(CCOCCOCCOCCCO)On1c(O)ccc1O. The number of nitrogens with zero attached hydrogens (tertiary/aromatic N) is 1. The molecule has 0 fully saturated rings. The van der Waals surface area contributed by atoms with E-state index < -0.39 is 5.97 Å². The Kier molecular flexibility index (Phi) is 9.80. The van der Waals surface area contributed by atoms with Crippen LogP contribution in [0.15, 0.2) is 12.1 Å². The maximum atomic E-state index is 11.5. The summed E-state index contributed by atoms with van der Waals surface area (Å²) in [5, 5.41) is 27.1. The number of hydrogen-bond donors (Lipinski definition) is 3. The van der Waals surface area contributed by atoms with Crippen molar-refractivity contribution in [1.29, 1.82) is 0 Å². The zero-order chi connectivity index (χ0) is 16.9. The van der Waals surface area contributed by atoms with Crippen molar-refractivity contribution in [3.05, 3.63) is 12.1 Å². The van der Waals surface area contributed by atoms with Gasteiger partial charge in [-0.2, -0.15) is 0 Å². The van der Waals surface area contributed by atoms with Gasteiger partial charge in [-0.15, -0.1) is 4.73 Å². The zero-order valence-electron chi connectivity index (χ0n) is 12.8. The van der Waals surface area contributed by atoms with Gasteiger partial charge < -0.3 is 34.4 Å². The molecule has 0 aliphatic heterocycles. The van der Waals surface area contributed by atoms with E-state index in [-0.39, 0.29) is 31.4 Å². The summed E-state index contributed by atoms with van der Waals surface area (Å²) < 4.78 is 16.2. The van der Waals surface area contributed by atoms with Crippen molar-refractivity contribution >= 4 is 5.97 Å². The summed E-state index contributed by atoms with van der Waals surface area (Å²) in [6.07, 6.45) is 0.582. The first kappa shape index (κ1) is 19.2. The third-order valence-electron chi connectivity index (χ3n) is 2.63. The van der Waals surface area contributed by atoms with Crippen LogP contribution < -0.4 is 4.84 Å². The smallest absolute Gasteiger partial charge is 0.335 e. The van der Waals surface area contributed by atoms with Crippen LogP contribution in [0, 0.1) is 0 Å². The van der Waals surface area contributed by atoms with Gasteiger partial charge in [-0.1, -0.05) is 0 Å². The van der Waals surface area contributed by atoms with Crippen molar-refractivity contribution in [1.82, 2.24) is 4.73 Å². The van der Waals surface area contributed by atoms with E-state index >= 15 is 0 Å². The number of aromatic nitrogens is 1. The molecule has 0 aliphatic rings. The molecule has 3 N–H and O–H groups in total. The molecule has 1 rings (SSSR count). The number of ether oxygens (including phenoxy) is 3. The normalized spacial score (nSPS) is 10.8. The summed E-state index contributed by atoms with van der Waals surface area (Å²) in [6.45, 7) is 2.34. The average molecular weight is 333 g/mol. The van der Waals surface area contributed by atoms with Crippen LogP contribution >= 0.6 is 0 Å². The molecule has 1 aromatic heterocycles. The summed E-state index contributed by atoms with van der Waals surface area (Å²) >= 11 is 0. The summed E-state index contributed by atoms with van der Waals surface area (Å²) in [6, 6.07) is 2.40. The molecular weight excluding hydrogens is 310 g/mol. The van der Waals surface area contributed by atoms with Gasteiger partial charge in [0.25, 0.3) is 0 Å². The predicted molar refractivity (Wildman–Crippen MR) is 78.1 cm³/mol. The Hall–Kier alpha value is -1.81. The van der Waals surface area contributed by atoms with Crippen molar-refractivity contribution in [2.75, 3.05) is 46.2 Å². The summed E-state index contributed by atoms with van der Waals surface area (Å²) in [4.78, 5) is 16.2. The minimum absolute atomic E-state index is 0.0265. The highest BCUT2D eigenvalue weighted by Crippen LogP contribution is 2.18. The molecule has 0 radical (unpaired) electrons. The highest BCUT2D eigenvalue weighted by atomic mass is 16.7. The maximum Gasteiger partial charge on any atom is 0.335 e. The Morgan fingerprint density at radius 3 is 2.00 bits per heavy atom. The fourth-order valence-electron chi connectivity index (χ4n) is 1.51. The number of aromatic hydroxyl groups is 2. The minimum atomic E-state index is -0.648. The van der Waals surface area contributed by atoms with E-state index in [0.29, 0.717) is 44.2 Å². The van der Waals surface area contributed by atoms with E-state index in [4.69, 9.17) is 24.2 Å². The fraction of sp³-hybridized carbons (Fsp3) is 0.643. The van der Waals surface area contributed by atoms with Gasteiger partial charge in [0.2, 0.25) is 11.8 Å². The topological polar surface area (TPSA) is 120 Å². The monoisotopic (exact) mass is 333 g/mol. The number of aliphatic hydroxyl groups excluding tert-OH is 1. The number of carbonyl (C=O) groups excluding carboxylic acids is 1. The first-order valence-electron chi connectivity index (χ1n) is 7.30. The van der Waals surface area contributed by atoms with Crippen LogP contribution in [0.2, 0.25) is 0 Å². The van der Waals surface area contributed by atoms with Crippen LogP contribution in [-0.4, -0.2) is 72.3 Å². The van der Waals surface area contributed by atoms with Crippen molar-refractivity contribution in [3.8, 4) is 11.8 Å². The van der Waals surface area contributed by atoms with Crippen LogP contribution in [0.3, 0.4) is 0 Å². The molecule has 0 bridgehead atoms. The lowest BCUT2D eigenvalue weighted by atomic mass is 10.5. The largest absolute Gasteiger partial charge is 0.492 e. The van der Waals surface area contributed by atoms with Crippen LogP contribution in [0.5, 0.6) is 11.8 Å². The van der Waals surface area contributed by atoms with Crippen molar-refractivity contribution in [3.63, 3.8) is 0 Å². The summed E-state index contributed by atoms with van der Waals surface area (Å²) in [5.74, 6) is -1.39. The van der Waals surface area contributed by atoms with Crippen LogP contribution in [-0.2, 0) is 19.0 Å². The Balaban J connectivity index is 1.94. The van der Waals surface area contributed by atoms with Crippen molar-refractivity contribution in [2.24, 2.45) is 0 Å². The number of carbonyl (C=O) groups is 1. The third-order valence-corrected chi connectivity index (χ3v) is 2.63. The molecule has 0 aliphatic carbocycles. The first-order valence-corrected chi connectivity index (χ1v) is 7.30. The molecule has 1 heterocycles. The van der Waals surface area contributed by atoms with E-state index in [2.05, 4.69) is 0 Å². The van der Waals surface area contributed by atoms with Crippen molar-refractivity contribution < 1.29 is 39.2 Å². The molecule has 0 saturated heterocycles. The highest BCUT2D eigenvalue weighted by Gasteiger charge is 2.11. The number of hydrogen-bond acceptors (Lipinski definition) is 8. The van der Waals surface area contributed by atoms with E-state index in [1.165, 1.54) is 12.1 Å². The zero-order valence-corrected chi connectivity index (χ0v) is 12.8. The molecule has 0 amide bonds. The van der Waals surface area contributed by atoms with E-state index in [9.17, 15) is 15.0 Å². The average Bonchev–Trinajstić information content (AvgIpc) is 2.84. The second-order valence-corrected chi connectivity index (χ2v) is 4.47. The van der Waals surface area contributed by atoms with Gasteiger partial charge in [0, 0.05) is 25.3 Å². The second-order valence-electron chi connectivity index (χ2n) is 4.47. The lowest BCUT2D eigenvalue weighted by Crippen LogP contribution is -2.20. The Morgan fingerprint density at radius 1 is 0.913 bits per heavy atom. The van der Waals surface area contributed by atoms with E-state index in [0.717, 1.165) is 0 Å². The molecule has 0 spiro atoms. The van der Waals surface area contributed by atoms with Gasteiger partial charge in [0.1, 0.15) is 0 Å². The highest BCUT2D eigenvalue weighted by molar-refractivity contribution is 5.70. The molecule has 0 atom stereocenters. The molecule has 23 heavy (non-hydrogen) atoms. The van der Waals surface area contributed by atoms with E-state index in [1.54, 1.807) is 0 Å². The minimum Gasteiger partial charge on any atom is -0.492 e. The van der Waals surface area contributed by atoms with Gasteiger partial charge in [0.05, 0.1) is 39.5 Å². The lowest BCUT2D eigenvalue weighted by molar-refractivity contribution is -0.146. The van der Waals surface area contributed by atoms with Crippen LogP contribution in [0.25, 0.3) is 0 Å². The van der Waals surface area contributed by atoms with Gasteiger partial charge >= 0.3 is 5.97 Å². The Morgan fingerprint density at radius 2 is 1.43 bits per heavy atom. The summed E-state index contributed by atoms with van der Waals surface area (Å²) in [5.41, 5.74) is 0. The molecule has 0 unspecified atom stereocenters. The van der Waals surface area contributed by atoms with Crippen LogP contribution in [0.1, 0.15) is 12.8 Å². The molecule has 0 aromatic carbocycles. The van der Waals surface area contributed by atoms with Crippen molar-refractivity contribution in [2.45, 2.75) is 12.8 Å². The molecule has 9 nitrogen and oxygen atoms in total. The number of rotatable bonds is 13. The maximum absolute atomic E-state index is 11.5. The van der Waals surface area contributed by atoms with Gasteiger partial charge in [-0.3, -0.25) is 0 Å². The Bertz CT molecular complexity index is 428. The predicted octanol–water partition coefficient (Wildman–Crippen LogP) is -0.323. The Labute approximate surface area is 133 Å². The lowest BCUT2D eigenvalue weighted by Gasteiger charge is -2.08. The molecule has 132 valence electrons. The van der Waals surface area contributed by atoms with Gasteiger partial charge in [-0.25, -0.2) is 4.79 Å². The second kappa shape index (κ2) is 11.7.